The summed E-state index contributed by atoms with van der Waals surface area (Å²) in [6, 6.07) is 4.55. The Kier molecular flexibility index (Phi) is 6.74. The van der Waals surface area contributed by atoms with Crippen molar-refractivity contribution in [2.75, 3.05) is 12.8 Å². The van der Waals surface area contributed by atoms with Crippen molar-refractivity contribution >= 4 is 23.2 Å². The molecule has 6 heteroatoms. The molecule has 3 atom stereocenters. The van der Waals surface area contributed by atoms with E-state index in [9.17, 15) is 4.79 Å². The molecule has 2 heterocycles. The van der Waals surface area contributed by atoms with Crippen LogP contribution in [-0.4, -0.2) is 42.1 Å². The number of hydrogen-bond donors (Lipinski definition) is 2. The first-order chi connectivity index (χ1) is 13.4. The fraction of sp³-hybridized carbons (Fsp3) is 0.591. The number of piperidine rings is 1. The highest BCUT2D eigenvalue weighted by Gasteiger charge is 2.39. The number of hydrogen-bond acceptors (Lipinski definition) is 4. The number of carbonyl (C=O) groups is 1. The molecule has 0 radical (unpaired) electrons. The van der Waals surface area contributed by atoms with Gasteiger partial charge in [0.2, 0.25) is 0 Å². The van der Waals surface area contributed by atoms with Gasteiger partial charge in [0.1, 0.15) is 11.9 Å². The van der Waals surface area contributed by atoms with Gasteiger partial charge in [0.05, 0.1) is 16.3 Å². The van der Waals surface area contributed by atoms with Gasteiger partial charge in [-0.3, -0.25) is 4.79 Å². The average Bonchev–Trinajstić information content (AvgIpc) is 2.86. The van der Waals surface area contributed by atoms with E-state index >= 15 is 0 Å². The molecule has 0 aromatic heterocycles. The van der Waals surface area contributed by atoms with E-state index in [1.807, 2.05) is 13.8 Å². The Balaban J connectivity index is 1.72. The Hall–Kier alpha value is -1.90. The first-order valence-corrected chi connectivity index (χ1v) is 10.5. The van der Waals surface area contributed by atoms with Crippen molar-refractivity contribution in [2.45, 2.75) is 76.6 Å². The van der Waals surface area contributed by atoms with Gasteiger partial charge in [-0.25, -0.2) is 0 Å². The lowest BCUT2D eigenvalue weighted by Gasteiger charge is -2.36. The minimum absolute atomic E-state index is 0.148. The molecule has 152 valence electrons. The summed E-state index contributed by atoms with van der Waals surface area (Å²) in [5.41, 5.74) is 6.79. The third-order valence-corrected chi connectivity index (χ3v) is 6.12. The van der Waals surface area contributed by atoms with Crippen molar-refractivity contribution in [3.8, 4) is 17.6 Å². The highest BCUT2D eigenvalue weighted by Crippen LogP contribution is 2.35. The maximum absolute atomic E-state index is 13.0. The SMILES string of the molecule is CCC#CCC(C)Oc1cc(N)c(Cl)cc1C(=O)NC1CC2CCC(C1)N2C. The van der Waals surface area contributed by atoms with Gasteiger partial charge in [-0.2, -0.15) is 0 Å². The van der Waals surface area contributed by atoms with Crippen LogP contribution in [0.15, 0.2) is 12.1 Å². The number of fused-ring (bicyclic) bond motifs is 2. The second-order valence-corrected chi connectivity index (χ2v) is 8.31. The molecule has 1 aromatic rings. The van der Waals surface area contributed by atoms with E-state index in [0.717, 1.165) is 19.3 Å². The Morgan fingerprint density at radius 1 is 1.36 bits per heavy atom. The molecule has 2 fully saturated rings. The molecule has 2 saturated heterocycles. The van der Waals surface area contributed by atoms with Gasteiger partial charge in [-0.15, -0.1) is 5.92 Å². The van der Waals surface area contributed by atoms with Crippen LogP contribution >= 0.6 is 11.6 Å². The zero-order valence-electron chi connectivity index (χ0n) is 16.9. The van der Waals surface area contributed by atoms with Gasteiger partial charge >= 0.3 is 0 Å². The van der Waals surface area contributed by atoms with Crippen LogP contribution in [0.3, 0.4) is 0 Å². The minimum atomic E-state index is -0.155. The van der Waals surface area contributed by atoms with Crippen molar-refractivity contribution in [3.63, 3.8) is 0 Å². The second kappa shape index (κ2) is 9.07. The highest BCUT2D eigenvalue weighted by molar-refractivity contribution is 6.33. The lowest BCUT2D eigenvalue weighted by molar-refractivity contribution is 0.0876. The monoisotopic (exact) mass is 403 g/mol. The number of rotatable bonds is 5. The maximum atomic E-state index is 13.0. The summed E-state index contributed by atoms with van der Waals surface area (Å²) >= 11 is 6.20. The Morgan fingerprint density at radius 3 is 2.68 bits per heavy atom. The molecular formula is C22H30ClN3O2. The Labute approximate surface area is 172 Å². The van der Waals surface area contributed by atoms with Gasteiger partial charge in [-0.05, 0) is 45.7 Å². The topological polar surface area (TPSA) is 67.6 Å². The van der Waals surface area contributed by atoms with Crippen LogP contribution in [-0.2, 0) is 0 Å². The van der Waals surface area contributed by atoms with Crippen LogP contribution in [0.4, 0.5) is 5.69 Å². The number of nitrogens with two attached hydrogens (primary N) is 1. The first-order valence-electron chi connectivity index (χ1n) is 10.1. The standard InChI is InChI=1S/C22H30ClN3O2/c1-4-5-6-7-14(2)28-21-13-20(24)19(23)12-18(21)22(27)25-15-10-16-8-9-17(11-15)26(16)3/h12-17H,4,7-11,24H2,1-3H3,(H,25,27). The predicted octanol–water partition coefficient (Wildman–Crippen LogP) is 3.85. The van der Waals surface area contributed by atoms with Gasteiger partial charge in [0.25, 0.3) is 5.91 Å². The number of carbonyl (C=O) groups excluding carboxylic acids is 1. The fourth-order valence-corrected chi connectivity index (χ4v) is 4.40. The van der Waals surface area contributed by atoms with Gasteiger partial charge in [0, 0.05) is 37.0 Å². The smallest absolute Gasteiger partial charge is 0.255 e. The summed E-state index contributed by atoms with van der Waals surface area (Å²) in [5.74, 6) is 6.42. The normalized spacial score (nSPS) is 24.9. The molecule has 0 saturated carbocycles. The molecule has 3 N–H and O–H groups in total. The number of halogens is 1. The third-order valence-electron chi connectivity index (χ3n) is 5.80. The van der Waals surface area contributed by atoms with E-state index in [-0.39, 0.29) is 18.1 Å². The highest BCUT2D eigenvalue weighted by atomic mass is 35.5. The molecule has 5 nitrogen and oxygen atoms in total. The lowest BCUT2D eigenvalue weighted by atomic mass is 9.97. The van der Waals surface area contributed by atoms with Crippen LogP contribution in [0.2, 0.25) is 5.02 Å². The van der Waals surface area contributed by atoms with Crippen LogP contribution in [0.1, 0.15) is 62.7 Å². The zero-order valence-corrected chi connectivity index (χ0v) is 17.7. The number of ether oxygens (including phenoxy) is 1. The van der Waals surface area contributed by atoms with Crippen molar-refractivity contribution in [1.82, 2.24) is 10.2 Å². The summed E-state index contributed by atoms with van der Waals surface area (Å²) in [4.78, 5) is 15.5. The van der Waals surface area contributed by atoms with E-state index in [2.05, 4.69) is 29.1 Å². The molecule has 28 heavy (non-hydrogen) atoms. The van der Waals surface area contributed by atoms with Gasteiger partial charge in [-0.1, -0.05) is 24.4 Å². The van der Waals surface area contributed by atoms with Crippen LogP contribution in [0, 0.1) is 11.8 Å². The molecule has 3 rings (SSSR count). The van der Waals surface area contributed by atoms with E-state index < -0.39 is 0 Å². The summed E-state index contributed by atoms with van der Waals surface area (Å²) in [6.07, 6.45) is 5.66. The minimum Gasteiger partial charge on any atom is -0.489 e. The van der Waals surface area contributed by atoms with Gasteiger partial charge in [0.15, 0.2) is 0 Å². The molecule has 2 aliphatic rings. The predicted molar refractivity (Wildman–Crippen MR) is 114 cm³/mol. The molecule has 0 aliphatic carbocycles. The van der Waals surface area contributed by atoms with Crippen molar-refractivity contribution in [1.29, 1.82) is 0 Å². The Morgan fingerprint density at radius 2 is 2.04 bits per heavy atom. The lowest BCUT2D eigenvalue weighted by Crippen LogP contribution is -2.48. The summed E-state index contributed by atoms with van der Waals surface area (Å²) < 4.78 is 6.00. The third kappa shape index (κ3) is 4.74. The first kappa shape index (κ1) is 20.8. The maximum Gasteiger partial charge on any atom is 0.255 e. The van der Waals surface area contributed by atoms with Crippen LogP contribution in [0.5, 0.6) is 5.75 Å². The van der Waals surface area contributed by atoms with E-state index in [0.29, 0.717) is 40.5 Å². The molecule has 1 amide bonds. The largest absolute Gasteiger partial charge is 0.489 e. The van der Waals surface area contributed by atoms with Crippen LogP contribution in [0.25, 0.3) is 0 Å². The van der Waals surface area contributed by atoms with E-state index in [1.54, 1.807) is 12.1 Å². The Bertz CT molecular complexity index is 772. The fourth-order valence-electron chi connectivity index (χ4n) is 4.24. The summed E-state index contributed by atoms with van der Waals surface area (Å²) in [6.45, 7) is 3.95. The number of nitrogen functional groups attached to an aromatic ring is 1. The molecule has 3 unspecified atom stereocenters. The summed E-state index contributed by atoms with van der Waals surface area (Å²) in [7, 11) is 2.19. The van der Waals surface area contributed by atoms with E-state index in [1.165, 1.54) is 12.8 Å². The van der Waals surface area contributed by atoms with Gasteiger partial charge < -0.3 is 20.7 Å². The number of anilines is 1. The molecule has 1 aromatic carbocycles. The molecule has 2 bridgehead atoms. The van der Waals surface area contributed by atoms with E-state index in [4.69, 9.17) is 22.1 Å². The molecule has 2 aliphatic heterocycles. The molecule has 0 spiro atoms. The zero-order chi connectivity index (χ0) is 20.3. The number of nitrogens with zero attached hydrogens (tertiary/aromatic N) is 1. The number of benzene rings is 1. The molecular weight excluding hydrogens is 374 g/mol. The van der Waals surface area contributed by atoms with Crippen molar-refractivity contribution in [2.24, 2.45) is 0 Å². The van der Waals surface area contributed by atoms with Crippen molar-refractivity contribution < 1.29 is 9.53 Å². The summed E-state index contributed by atoms with van der Waals surface area (Å²) in [5, 5.41) is 3.56. The van der Waals surface area contributed by atoms with Crippen LogP contribution < -0.4 is 15.8 Å². The van der Waals surface area contributed by atoms with Crippen molar-refractivity contribution in [3.05, 3.63) is 22.7 Å². The average molecular weight is 404 g/mol. The number of amides is 1. The second-order valence-electron chi connectivity index (χ2n) is 7.90. The quantitative estimate of drug-likeness (QED) is 0.578. The number of nitrogens with one attached hydrogen (secondary N) is 1.